The lowest BCUT2D eigenvalue weighted by molar-refractivity contribution is 0.0758. The zero-order valence-electron chi connectivity index (χ0n) is 14.9. The van der Waals surface area contributed by atoms with Crippen LogP contribution in [0.1, 0.15) is 28.8 Å². The fourth-order valence-electron chi connectivity index (χ4n) is 3.94. The van der Waals surface area contributed by atoms with E-state index < -0.39 is 0 Å². The molecule has 1 N–H and O–H groups in total. The molecule has 2 aliphatic heterocycles. The maximum atomic E-state index is 12.8. The van der Waals surface area contributed by atoms with Crippen molar-refractivity contribution in [1.82, 2.24) is 15.2 Å². The van der Waals surface area contributed by atoms with E-state index in [1.54, 1.807) is 12.4 Å². The SMILES string of the molecule is O=C(c1ccc(OCc2ccncc2)cc1)N1CC[C@@H]2CNC[C@@H]2CC1. The highest BCUT2D eigenvalue weighted by molar-refractivity contribution is 5.94. The van der Waals surface area contributed by atoms with E-state index in [0.717, 1.165) is 67.7 Å². The minimum Gasteiger partial charge on any atom is -0.489 e. The van der Waals surface area contributed by atoms with Gasteiger partial charge in [-0.1, -0.05) is 0 Å². The van der Waals surface area contributed by atoms with Crippen molar-refractivity contribution in [2.24, 2.45) is 11.8 Å². The zero-order valence-corrected chi connectivity index (χ0v) is 14.9. The second kappa shape index (κ2) is 7.87. The van der Waals surface area contributed by atoms with Crippen LogP contribution in [0.15, 0.2) is 48.8 Å². The molecule has 0 saturated carbocycles. The summed E-state index contributed by atoms with van der Waals surface area (Å²) in [6, 6.07) is 11.4. The minimum absolute atomic E-state index is 0.138. The number of amides is 1. The van der Waals surface area contributed by atoms with Gasteiger partial charge in [-0.2, -0.15) is 0 Å². The number of benzene rings is 1. The Hall–Kier alpha value is -2.40. The molecule has 1 amide bonds. The number of rotatable bonds is 4. The van der Waals surface area contributed by atoms with Gasteiger partial charge in [0.1, 0.15) is 12.4 Å². The van der Waals surface area contributed by atoms with Crippen molar-refractivity contribution in [1.29, 1.82) is 0 Å². The first kappa shape index (κ1) is 17.0. The first-order valence-corrected chi connectivity index (χ1v) is 9.41. The number of carbonyl (C=O) groups excluding carboxylic acids is 1. The summed E-state index contributed by atoms with van der Waals surface area (Å²) in [6.45, 7) is 4.44. The second-order valence-electron chi connectivity index (χ2n) is 7.22. The number of pyridine rings is 1. The minimum atomic E-state index is 0.138. The molecule has 26 heavy (non-hydrogen) atoms. The molecule has 0 spiro atoms. The molecule has 5 heteroatoms. The van der Waals surface area contributed by atoms with Gasteiger partial charge in [0.2, 0.25) is 0 Å². The molecular formula is C21H25N3O2. The summed E-state index contributed by atoms with van der Waals surface area (Å²) < 4.78 is 5.78. The molecule has 0 aliphatic carbocycles. The maximum Gasteiger partial charge on any atom is 0.253 e. The van der Waals surface area contributed by atoms with Crippen LogP contribution in [0.3, 0.4) is 0 Å². The van der Waals surface area contributed by atoms with E-state index in [1.807, 2.05) is 41.3 Å². The Balaban J connectivity index is 1.34. The second-order valence-corrected chi connectivity index (χ2v) is 7.22. The van der Waals surface area contributed by atoms with Crippen LogP contribution in [-0.2, 0) is 6.61 Å². The third kappa shape index (κ3) is 3.88. The molecule has 2 aromatic rings. The Kier molecular flexibility index (Phi) is 5.16. The van der Waals surface area contributed by atoms with E-state index in [4.69, 9.17) is 4.74 Å². The van der Waals surface area contributed by atoms with Gasteiger partial charge in [-0.25, -0.2) is 0 Å². The van der Waals surface area contributed by atoms with Crippen LogP contribution in [0.2, 0.25) is 0 Å². The highest BCUT2D eigenvalue weighted by Gasteiger charge is 2.31. The van der Waals surface area contributed by atoms with Gasteiger partial charge in [-0.05, 0) is 79.7 Å². The topological polar surface area (TPSA) is 54.5 Å². The molecule has 1 aromatic heterocycles. The number of likely N-dealkylation sites (tertiary alicyclic amines) is 1. The molecular weight excluding hydrogens is 326 g/mol. The number of nitrogens with zero attached hydrogens (tertiary/aromatic N) is 2. The monoisotopic (exact) mass is 351 g/mol. The van der Waals surface area contributed by atoms with Gasteiger partial charge in [0, 0.05) is 31.0 Å². The fraction of sp³-hybridized carbons (Fsp3) is 0.429. The summed E-state index contributed by atoms with van der Waals surface area (Å²) >= 11 is 0. The molecule has 136 valence electrons. The molecule has 5 nitrogen and oxygen atoms in total. The molecule has 1 aromatic carbocycles. The van der Waals surface area contributed by atoms with Gasteiger partial charge in [0.05, 0.1) is 0 Å². The first-order chi connectivity index (χ1) is 12.8. The van der Waals surface area contributed by atoms with Crippen molar-refractivity contribution in [3.63, 3.8) is 0 Å². The van der Waals surface area contributed by atoms with Gasteiger partial charge in [-0.3, -0.25) is 9.78 Å². The largest absolute Gasteiger partial charge is 0.489 e. The molecule has 0 radical (unpaired) electrons. The number of fused-ring (bicyclic) bond motifs is 1. The summed E-state index contributed by atoms with van der Waals surface area (Å²) in [6.07, 6.45) is 5.73. The lowest BCUT2D eigenvalue weighted by Crippen LogP contribution is -2.32. The maximum absolute atomic E-state index is 12.8. The van der Waals surface area contributed by atoms with Gasteiger partial charge in [-0.15, -0.1) is 0 Å². The van der Waals surface area contributed by atoms with Crippen molar-refractivity contribution >= 4 is 5.91 Å². The normalized spacial score (nSPS) is 22.5. The van der Waals surface area contributed by atoms with Crippen molar-refractivity contribution in [2.45, 2.75) is 19.4 Å². The molecule has 3 heterocycles. The van der Waals surface area contributed by atoms with E-state index in [9.17, 15) is 4.79 Å². The Morgan fingerprint density at radius 2 is 1.69 bits per heavy atom. The van der Waals surface area contributed by atoms with E-state index >= 15 is 0 Å². The summed E-state index contributed by atoms with van der Waals surface area (Å²) in [4.78, 5) is 18.8. The van der Waals surface area contributed by atoms with Crippen molar-refractivity contribution < 1.29 is 9.53 Å². The zero-order chi connectivity index (χ0) is 17.8. The molecule has 4 rings (SSSR count). The fourth-order valence-corrected chi connectivity index (χ4v) is 3.94. The lowest BCUT2D eigenvalue weighted by Gasteiger charge is -2.21. The predicted octanol–water partition coefficient (Wildman–Crippen LogP) is 2.73. The standard InChI is InChI=1S/C21H25N3O2/c25-21(24-11-7-18-13-23-14-19(18)8-12-24)17-1-3-20(4-2-17)26-15-16-5-9-22-10-6-16/h1-6,9-10,18-19,23H,7-8,11-15H2/t18-,19+. The highest BCUT2D eigenvalue weighted by Crippen LogP contribution is 2.28. The number of hydrogen-bond donors (Lipinski definition) is 1. The van der Waals surface area contributed by atoms with E-state index in [-0.39, 0.29) is 5.91 Å². The average Bonchev–Trinajstić information content (AvgIpc) is 3.05. The highest BCUT2D eigenvalue weighted by atomic mass is 16.5. The Morgan fingerprint density at radius 3 is 2.35 bits per heavy atom. The molecule has 2 fully saturated rings. The first-order valence-electron chi connectivity index (χ1n) is 9.41. The third-order valence-electron chi connectivity index (χ3n) is 5.56. The lowest BCUT2D eigenvalue weighted by atomic mass is 9.92. The van der Waals surface area contributed by atoms with E-state index in [2.05, 4.69) is 10.3 Å². The van der Waals surface area contributed by atoms with Crippen LogP contribution in [0.5, 0.6) is 5.75 Å². The number of nitrogens with one attached hydrogen (secondary N) is 1. The van der Waals surface area contributed by atoms with Gasteiger partial charge >= 0.3 is 0 Å². The predicted molar refractivity (Wildman–Crippen MR) is 100.0 cm³/mol. The summed E-state index contributed by atoms with van der Waals surface area (Å²) in [5.41, 5.74) is 1.82. The number of hydrogen-bond acceptors (Lipinski definition) is 4. The van der Waals surface area contributed by atoms with Gasteiger partial charge in [0.25, 0.3) is 5.91 Å². The van der Waals surface area contributed by atoms with Gasteiger partial charge < -0.3 is 15.0 Å². The average molecular weight is 351 g/mol. The third-order valence-corrected chi connectivity index (χ3v) is 5.56. The Labute approximate surface area is 154 Å². The molecule has 2 saturated heterocycles. The smallest absolute Gasteiger partial charge is 0.253 e. The van der Waals surface area contributed by atoms with Crippen molar-refractivity contribution in [2.75, 3.05) is 26.2 Å². The number of carbonyl (C=O) groups is 1. The molecule has 0 unspecified atom stereocenters. The quantitative estimate of drug-likeness (QED) is 0.920. The summed E-state index contributed by atoms with van der Waals surface area (Å²) in [5, 5.41) is 3.48. The van der Waals surface area contributed by atoms with Crippen LogP contribution in [-0.4, -0.2) is 42.0 Å². The van der Waals surface area contributed by atoms with Crippen molar-refractivity contribution in [3.8, 4) is 5.75 Å². The number of ether oxygens (including phenoxy) is 1. The van der Waals surface area contributed by atoms with Crippen LogP contribution in [0.25, 0.3) is 0 Å². The van der Waals surface area contributed by atoms with E-state index in [0.29, 0.717) is 6.61 Å². The van der Waals surface area contributed by atoms with Crippen LogP contribution in [0.4, 0.5) is 0 Å². The Morgan fingerprint density at radius 1 is 1.04 bits per heavy atom. The van der Waals surface area contributed by atoms with Gasteiger partial charge in [0.15, 0.2) is 0 Å². The van der Waals surface area contributed by atoms with Crippen LogP contribution >= 0.6 is 0 Å². The summed E-state index contributed by atoms with van der Waals surface area (Å²) in [7, 11) is 0. The summed E-state index contributed by atoms with van der Waals surface area (Å²) in [5.74, 6) is 2.38. The molecule has 2 atom stereocenters. The van der Waals surface area contributed by atoms with E-state index in [1.165, 1.54) is 0 Å². The molecule has 0 bridgehead atoms. The Bertz CT molecular complexity index is 719. The van der Waals surface area contributed by atoms with Crippen LogP contribution < -0.4 is 10.1 Å². The van der Waals surface area contributed by atoms with Crippen LogP contribution in [0, 0.1) is 11.8 Å². The van der Waals surface area contributed by atoms with Crippen molar-refractivity contribution in [3.05, 3.63) is 59.9 Å². The molecule has 2 aliphatic rings. The number of aromatic nitrogens is 1.